The maximum Gasteiger partial charge on any atom is 0.272 e. The van der Waals surface area contributed by atoms with Gasteiger partial charge in [-0.05, 0) is 74.0 Å². The highest BCUT2D eigenvalue weighted by Crippen LogP contribution is 2.29. The van der Waals surface area contributed by atoms with Crippen LogP contribution in [-0.4, -0.2) is 43.8 Å². The number of hydrogen-bond acceptors (Lipinski definition) is 7. The molecule has 0 aliphatic rings. The van der Waals surface area contributed by atoms with Crippen LogP contribution in [0.1, 0.15) is 29.8 Å². The molecule has 0 saturated carbocycles. The highest BCUT2D eigenvalue weighted by Gasteiger charge is 2.17. The molecule has 4 aromatic carbocycles. The summed E-state index contributed by atoms with van der Waals surface area (Å²) in [6.07, 6.45) is 1.61. The Kier molecular flexibility index (Phi) is 11.6. The zero-order chi connectivity index (χ0) is 32.2. The number of carbonyl (C=O) groups excluding carboxylic acids is 3. The first kappa shape index (κ1) is 32.7. The predicted molar refractivity (Wildman–Crippen MR) is 178 cm³/mol. The van der Waals surface area contributed by atoms with Gasteiger partial charge in [0.15, 0.2) is 0 Å². The minimum atomic E-state index is -0.491. The molecule has 4 aromatic rings. The first-order valence-electron chi connectivity index (χ1n) is 14.2. The normalized spacial score (nSPS) is 11.6. The van der Waals surface area contributed by atoms with E-state index in [1.165, 1.54) is 11.8 Å². The Morgan fingerprint density at radius 3 is 2.02 bits per heavy atom. The molecule has 0 radical (unpaired) electrons. The van der Waals surface area contributed by atoms with Crippen molar-refractivity contribution in [3.63, 3.8) is 0 Å². The van der Waals surface area contributed by atoms with Crippen molar-refractivity contribution in [2.75, 3.05) is 31.5 Å². The largest absolute Gasteiger partial charge is 0.497 e. The number of amides is 3. The molecule has 10 heteroatoms. The fraction of sp³-hybridized carbons (Fsp3) is 0.171. The maximum absolute atomic E-state index is 13.4. The number of ether oxygens (including phenoxy) is 3. The molecule has 0 spiro atoms. The minimum Gasteiger partial charge on any atom is -0.497 e. The third-order valence-corrected chi connectivity index (χ3v) is 7.56. The second-order valence-corrected chi connectivity index (χ2v) is 11.1. The molecular weight excluding hydrogens is 590 g/mol. The summed E-state index contributed by atoms with van der Waals surface area (Å²) in [7, 11) is 3.09. The molecule has 0 bridgehead atoms. The molecule has 1 atom stereocenters. The number of rotatable bonds is 13. The van der Waals surface area contributed by atoms with Crippen molar-refractivity contribution in [1.29, 1.82) is 0 Å². The molecule has 4 rings (SSSR count). The van der Waals surface area contributed by atoms with Gasteiger partial charge in [0.25, 0.3) is 11.8 Å². The quantitative estimate of drug-likeness (QED) is 0.113. The number of hydrogen-bond donors (Lipinski definition) is 3. The molecule has 0 aliphatic carbocycles. The molecule has 232 valence electrons. The van der Waals surface area contributed by atoms with Crippen LogP contribution >= 0.6 is 11.8 Å². The van der Waals surface area contributed by atoms with Gasteiger partial charge in [-0.25, -0.2) is 0 Å². The average Bonchev–Trinajstić information content (AvgIpc) is 3.06. The van der Waals surface area contributed by atoms with E-state index in [4.69, 9.17) is 14.2 Å². The van der Waals surface area contributed by atoms with Crippen molar-refractivity contribution in [2.45, 2.75) is 24.0 Å². The van der Waals surface area contributed by atoms with E-state index in [-0.39, 0.29) is 11.6 Å². The van der Waals surface area contributed by atoms with Crippen LogP contribution in [0.15, 0.2) is 108 Å². The first-order chi connectivity index (χ1) is 21.8. The lowest BCUT2D eigenvalue weighted by atomic mass is 10.1. The smallest absolute Gasteiger partial charge is 0.272 e. The van der Waals surface area contributed by atoms with Crippen LogP contribution in [-0.2, 0) is 9.59 Å². The Morgan fingerprint density at radius 1 is 0.778 bits per heavy atom. The van der Waals surface area contributed by atoms with Crippen molar-refractivity contribution in [1.82, 2.24) is 5.32 Å². The SMILES string of the molecule is CCOc1ccc(/C=C(\NC(=O)c2ccccc2)C(=O)Nc2ccc(SC(C)C(=O)Nc3cc(OC)cc(OC)c3)cc2)cc1. The van der Waals surface area contributed by atoms with Crippen molar-refractivity contribution in [3.05, 3.63) is 114 Å². The zero-order valence-corrected chi connectivity index (χ0v) is 26.3. The molecule has 0 fully saturated rings. The van der Waals surface area contributed by atoms with Crippen molar-refractivity contribution >= 4 is 46.9 Å². The second kappa shape index (κ2) is 16.0. The average molecular weight is 626 g/mol. The number of methoxy groups -OCH3 is 2. The Balaban J connectivity index is 1.43. The predicted octanol–water partition coefficient (Wildman–Crippen LogP) is 6.63. The van der Waals surface area contributed by atoms with Gasteiger partial charge in [0.1, 0.15) is 22.9 Å². The number of nitrogens with one attached hydrogen (secondary N) is 3. The first-order valence-corrected chi connectivity index (χ1v) is 15.1. The zero-order valence-electron chi connectivity index (χ0n) is 25.5. The summed E-state index contributed by atoms with van der Waals surface area (Å²) in [4.78, 5) is 40.0. The molecule has 3 amide bonds. The van der Waals surface area contributed by atoms with Crippen molar-refractivity contribution in [2.24, 2.45) is 0 Å². The van der Waals surface area contributed by atoms with Crippen LogP contribution in [0.4, 0.5) is 11.4 Å². The number of benzene rings is 4. The summed E-state index contributed by atoms with van der Waals surface area (Å²) in [6, 6.07) is 28.2. The molecule has 9 nitrogen and oxygen atoms in total. The summed E-state index contributed by atoms with van der Waals surface area (Å²) in [6.45, 7) is 4.25. The van der Waals surface area contributed by atoms with E-state index in [1.54, 1.807) is 106 Å². The Morgan fingerprint density at radius 2 is 1.42 bits per heavy atom. The van der Waals surface area contributed by atoms with E-state index >= 15 is 0 Å². The number of anilines is 2. The van der Waals surface area contributed by atoms with Gasteiger partial charge in [0.2, 0.25) is 5.91 Å². The fourth-order valence-electron chi connectivity index (χ4n) is 4.13. The molecule has 3 N–H and O–H groups in total. The van der Waals surface area contributed by atoms with Crippen LogP contribution in [0.2, 0.25) is 0 Å². The molecule has 1 unspecified atom stereocenters. The van der Waals surface area contributed by atoms with Crippen molar-refractivity contribution in [3.8, 4) is 17.2 Å². The summed E-state index contributed by atoms with van der Waals surface area (Å²) >= 11 is 1.37. The monoisotopic (exact) mass is 625 g/mol. The Bertz CT molecular complexity index is 1620. The molecular formula is C35H35N3O6S. The highest BCUT2D eigenvalue weighted by atomic mass is 32.2. The maximum atomic E-state index is 13.4. The topological polar surface area (TPSA) is 115 Å². The lowest BCUT2D eigenvalue weighted by Crippen LogP contribution is -2.30. The fourth-order valence-corrected chi connectivity index (χ4v) is 5.00. The van der Waals surface area contributed by atoms with E-state index in [9.17, 15) is 14.4 Å². The Hall–Kier alpha value is -5.22. The van der Waals surface area contributed by atoms with Gasteiger partial charge in [-0.2, -0.15) is 0 Å². The lowest BCUT2D eigenvalue weighted by molar-refractivity contribution is -0.115. The van der Waals surface area contributed by atoms with Gasteiger partial charge < -0.3 is 30.2 Å². The van der Waals surface area contributed by atoms with Crippen LogP contribution in [0, 0.1) is 0 Å². The summed E-state index contributed by atoms with van der Waals surface area (Å²) < 4.78 is 16.1. The summed E-state index contributed by atoms with van der Waals surface area (Å²) in [5.41, 5.74) is 2.30. The van der Waals surface area contributed by atoms with E-state index in [0.29, 0.717) is 46.4 Å². The summed E-state index contributed by atoms with van der Waals surface area (Å²) in [5.74, 6) is 0.758. The van der Waals surface area contributed by atoms with Gasteiger partial charge in [0.05, 0.1) is 26.1 Å². The van der Waals surface area contributed by atoms with Gasteiger partial charge in [-0.15, -0.1) is 11.8 Å². The number of carbonyl (C=O) groups is 3. The molecule has 0 saturated heterocycles. The van der Waals surface area contributed by atoms with E-state index in [0.717, 1.165) is 4.90 Å². The minimum absolute atomic E-state index is 0.0749. The molecule has 0 heterocycles. The highest BCUT2D eigenvalue weighted by molar-refractivity contribution is 8.00. The van der Waals surface area contributed by atoms with E-state index in [1.807, 2.05) is 25.1 Å². The van der Waals surface area contributed by atoms with Crippen molar-refractivity contribution < 1.29 is 28.6 Å². The van der Waals surface area contributed by atoms with Crippen LogP contribution < -0.4 is 30.2 Å². The molecule has 45 heavy (non-hydrogen) atoms. The van der Waals surface area contributed by atoms with Gasteiger partial charge in [-0.1, -0.05) is 30.3 Å². The molecule has 0 aliphatic heterocycles. The second-order valence-electron chi connectivity index (χ2n) is 9.71. The van der Waals surface area contributed by atoms with E-state index in [2.05, 4.69) is 16.0 Å². The number of thioether (sulfide) groups is 1. The van der Waals surface area contributed by atoms with Crippen LogP contribution in [0.3, 0.4) is 0 Å². The van der Waals surface area contributed by atoms with Gasteiger partial charge >= 0.3 is 0 Å². The van der Waals surface area contributed by atoms with Crippen LogP contribution in [0.25, 0.3) is 6.08 Å². The third kappa shape index (κ3) is 9.64. The standard InChI is InChI=1S/C35H35N3O6S/c1-5-44-28-15-11-24(12-16-28)19-32(38-34(40)25-9-7-6-8-10-25)35(41)36-26-13-17-31(18-14-26)45-23(2)33(39)37-27-20-29(42-3)22-30(21-27)43-4/h6-23H,5H2,1-4H3,(H,36,41)(H,37,39)(H,38,40)/b32-19-. The summed E-state index contributed by atoms with van der Waals surface area (Å²) in [5, 5.41) is 8.07. The Labute approximate surface area is 267 Å². The van der Waals surface area contributed by atoms with Crippen LogP contribution in [0.5, 0.6) is 17.2 Å². The van der Waals surface area contributed by atoms with E-state index < -0.39 is 17.1 Å². The lowest BCUT2D eigenvalue weighted by Gasteiger charge is -2.14. The van der Waals surface area contributed by atoms with Gasteiger partial charge in [0, 0.05) is 40.0 Å². The molecule has 0 aromatic heterocycles. The van der Waals surface area contributed by atoms with Gasteiger partial charge in [-0.3, -0.25) is 14.4 Å². The third-order valence-electron chi connectivity index (χ3n) is 6.44.